The molecule has 1 rings (SSSR count). The van der Waals surface area contributed by atoms with Gasteiger partial charge in [0.05, 0.1) is 6.61 Å². The third kappa shape index (κ3) is 4.46. The minimum absolute atomic E-state index is 0.163. The maximum absolute atomic E-state index is 8.55. The lowest BCUT2D eigenvalue weighted by Gasteiger charge is -2.02. The summed E-state index contributed by atoms with van der Waals surface area (Å²) in [7, 11) is 0. The molecule has 0 bridgehead atoms. The van der Waals surface area contributed by atoms with Crippen LogP contribution in [0.5, 0.6) is 0 Å². The molecule has 5 heteroatoms. The molecule has 15 heavy (non-hydrogen) atoms. The van der Waals surface area contributed by atoms with Crippen molar-refractivity contribution in [1.82, 2.24) is 5.32 Å². The van der Waals surface area contributed by atoms with Gasteiger partial charge < -0.3 is 10.4 Å². The smallest absolute Gasteiger partial charge is 0.0555 e. The van der Waals surface area contributed by atoms with Crippen molar-refractivity contribution >= 4 is 5.69 Å². The minimum atomic E-state index is 0.163. The molecule has 1 aromatic carbocycles. The van der Waals surface area contributed by atoms with Gasteiger partial charge in [0.15, 0.2) is 0 Å². The summed E-state index contributed by atoms with van der Waals surface area (Å²) < 4.78 is 0. The highest BCUT2D eigenvalue weighted by Crippen LogP contribution is 2.12. The van der Waals surface area contributed by atoms with E-state index in [0.29, 0.717) is 12.2 Å². The van der Waals surface area contributed by atoms with Crippen molar-refractivity contribution in [2.24, 2.45) is 5.11 Å². The van der Waals surface area contributed by atoms with Crippen LogP contribution in [-0.2, 0) is 6.42 Å². The first-order valence-electron chi connectivity index (χ1n) is 4.82. The molecule has 0 heterocycles. The fourth-order valence-corrected chi connectivity index (χ4v) is 1.22. The predicted molar refractivity (Wildman–Crippen MR) is 58.9 cm³/mol. The van der Waals surface area contributed by atoms with Crippen LogP contribution in [0.2, 0.25) is 0 Å². The van der Waals surface area contributed by atoms with Gasteiger partial charge in [0, 0.05) is 17.1 Å². The van der Waals surface area contributed by atoms with E-state index in [4.69, 9.17) is 10.6 Å². The van der Waals surface area contributed by atoms with Gasteiger partial charge in [-0.15, -0.1) is 0 Å². The number of aliphatic hydroxyl groups is 1. The maximum Gasteiger partial charge on any atom is 0.0555 e. The number of rotatable bonds is 6. The molecule has 0 spiro atoms. The first-order valence-corrected chi connectivity index (χ1v) is 4.82. The second-order valence-corrected chi connectivity index (χ2v) is 3.08. The molecule has 0 atom stereocenters. The van der Waals surface area contributed by atoms with E-state index in [0.717, 1.165) is 13.0 Å². The quantitative estimate of drug-likeness (QED) is 0.322. The summed E-state index contributed by atoms with van der Waals surface area (Å²) in [5.74, 6) is 0. The first-order chi connectivity index (χ1) is 7.36. The SMILES string of the molecule is [N-]=[N+]=Nc1ccc(CCNCCO)cc1. The average Bonchev–Trinajstić information content (AvgIpc) is 2.27. The van der Waals surface area contributed by atoms with E-state index >= 15 is 0 Å². The Bertz CT molecular complexity index is 330. The van der Waals surface area contributed by atoms with Crippen molar-refractivity contribution < 1.29 is 5.11 Å². The Morgan fingerprint density at radius 3 is 2.60 bits per heavy atom. The van der Waals surface area contributed by atoms with Crippen LogP contribution in [0.3, 0.4) is 0 Å². The van der Waals surface area contributed by atoms with Crippen molar-refractivity contribution in [3.05, 3.63) is 40.3 Å². The zero-order chi connectivity index (χ0) is 10.9. The normalized spacial score (nSPS) is 9.67. The average molecular weight is 206 g/mol. The van der Waals surface area contributed by atoms with Gasteiger partial charge in [0.2, 0.25) is 0 Å². The van der Waals surface area contributed by atoms with Crippen LogP contribution in [0.4, 0.5) is 5.69 Å². The Labute approximate surface area is 88.4 Å². The Kier molecular flexibility index (Phi) is 5.25. The van der Waals surface area contributed by atoms with Gasteiger partial charge in [-0.05, 0) is 24.1 Å². The van der Waals surface area contributed by atoms with Gasteiger partial charge in [0.25, 0.3) is 0 Å². The summed E-state index contributed by atoms with van der Waals surface area (Å²) in [4.78, 5) is 2.71. The minimum Gasteiger partial charge on any atom is -0.395 e. The molecule has 1 aromatic rings. The lowest BCUT2D eigenvalue weighted by molar-refractivity contribution is 0.293. The van der Waals surface area contributed by atoms with Crippen molar-refractivity contribution in [3.63, 3.8) is 0 Å². The molecule has 0 aliphatic carbocycles. The third-order valence-corrected chi connectivity index (χ3v) is 1.98. The number of hydrogen-bond acceptors (Lipinski definition) is 3. The summed E-state index contributed by atoms with van der Waals surface area (Å²) in [5.41, 5.74) is 10.0. The fourth-order valence-electron chi connectivity index (χ4n) is 1.22. The van der Waals surface area contributed by atoms with Crippen LogP contribution in [0, 0.1) is 0 Å². The molecule has 0 radical (unpaired) electrons. The van der Waals surface area contributed by atoms with Gasteiger partial charge in [-0.25, -0.2) is 0 Å². The summed E-state index contributed by atoms with van der Waals surface area (Å²) >= 11 is 0. The van der Waals surface area contributed by atoms with Gasteiger partial charge >= 0.3 is 0 Å². The number of azide groups is 1. The molecule has 0 saturated heterocycles. The van der Waals surface area contributed by atoms with Crippen LogP contribution in [0.1, 0.15) is 5.56 Å². The maximum atomic E-state index is 8.55. The van der Waals surface area contributed by atoms with E-state index in [1.54, 1.807) is 12.1 Å². The topological polar surface area (TPSA) is 81.0 Å². The molecule has 0 amide bonds. The molecule has 0 fully saturated rings. The Hall–Kier alpha value is -1.55. The molecule has 80 valence electrons. The number of aliphatic hydroxyl groups excluding tert-OH is 1. The number of nitrogens with zero attached hydrogens (tertiary/aromatic N) is 3. The van der Waals surface area contributed by atoms with Crippen molar-refractivity contribution in [2.75, 3.05) is 19.7 Å². The molecule has 0 unspecified atom stereocenters. The third-order valence-electron chi connectivity index (χ3n) is 1.98. The Morgan fingerprint density at radius 2 is 2.00 bits per heavy atom. The monoisotopic (exact) mass is 206 g/mol. The van der Waals surface area contributed by atoms with Gasteiger partial charge in [-0.1, -0.05) is 29.4 Å². The largest absolute Gasteiger partial charge is 0.395 e. The Morgan fingerprint density at radius 1 is 1.27 bits per heavy atom. The number of benzene rings is 1. The zero-order valence-electron chi connectivity index (χ0n) is 8.43. The van der Waals surface area contributed by atoms with Crippen LogP contribution in [0.25, 0.3) is 10.4 Å². The summed E-state index contributed by atoms with van der Waals surface area (Å²) in [5, 5.41) is 15.1. The lowest BCUT2D eigenvalue weighted by Crippen LogP contribution is -2.20. The summed E-state index contributed by atoms with van der Waals surface area (Å²) in [6, 6.07) is 7.46. The second kappa shape index (κ2) is 6.84. The van der Waals surface area contributed by atoms with Crippen LogP contribution < -0.4 is 5.32 Å². The second-order valence-electron chi connectivity index (χ2n) is 3.08. The molecule has 5 nitrogen and oxygen atoms in total. The molecule has 0 saturated carbocycles. The van der Waals surface area contributed by atoms with Crippen LogP contribution in [-0.4, -0.2) is 24.8 Å². The first kappa shape index (κ1) is 11.5. The van der Waals surface area contributed by atoms with E-state index in [2.05, 4.69) is 15.3 Å². The standard InChI is InChI=1S/C10H14N4O/c11-14-13-10-3-1-9(2-4-10)5-6-12-7-8-15/h1-4,12,15H,5-8H2. The molecule has 0 aromatic heterocycles. The number of hydrogen-bond donors (Lipinski definition) is 2. The van der Waals surface area contributed by atoms with E-state index in [1.807, 2.05) is 12.1 Å². The molecule has 0 aliphatic heterocycles. The predicted octanol–water partition coefficient (Wildman–Crippen LogP) is 1.75. The van der Waals surface area contributed by atoms with Crippen LogP contribution >= 0.6 is 0 Å². The lowest BCUT2D eigenvalue weighted by atomic mass is 10.1. The van der Waals surface area contributed by atoms with E-state index in [1.165, 1.54) is 5.56 Å². The van der Waals surface area contributed by atoms with E-state index in [-0.39, 0.29) is 6.61 Å². The molecule has 0 aliphatic rings. The van der Waals surface area contributed by atoms with Crippen molar-refractivity contribution in [1.29, 1.82) is 0 Å². The molecular weight excluding hydrogens is 192 g/mol. The van der Waals surface area contributed by atoms with E-state index < -0.39 is 0 Å². The van der Waals surface area contributed by atoms with Crippen molar-refractivity contribution in [3.8, 4) is 0 Å². The molecule has 2 N–H and O–H groups in total. The highest BCUT2D eigenvalue weighted by Gasteiger charge is 1.93. The Balaban J connectivity index is 2.39. The van der Waals surface area contributed by atoms with E-state index in [9.17, 15) is 0 Å². The zero-order valence-corrected chi connectivity index (χ0v) is 8.43. The van der Waals surface area contributed by atoms with Crippen LogP contribution in [0.15, 0.2) is 29.4 Å². The summed E-state index contributed by atoms with van der Waals surface area (Å²) in [6.07, 6.45) is 0.899. The molecular formula is C10H14N4O. The highest BCUT2D eigenvalue weighted by molar-refractivity contribution is 5.38. The van der Waals surface area contributed by atoms with Gasteiger partial charge in [-0.2, -0.15) is 0 Å². The highest BCUT2D eigenvalue weighted by atomic mass is 16.3. The fraction of sp³-hybridized carbons (Fsp3) is 0.400. The number of nitrogens with one attached hydrogen (secondary N) is 1. The van der Waals surface area contributed by atoms with Gasteiger partial charge in [-0.3, -0.25) is 0 Å². The van der Waals surface area contributed by atoms with Gasteiger partial charge in [0.1, 0.15) is 0 Å². The van der Waals surface area contributed by atoms with Crippen molar-refractivity contribution in [2.45, 2.75) is 6.42 Å². The summed E-state index contributed by atoms with van der Waals surface area (Å²) in [6.45, 7) is 1.62.